The van der Waals surface area contributed by atoms with Crippen LogP contribution in [0.15, 0.2) is 36.4 Å². The number of ether oxygens (including phenoxy) is 1. The van der Waals surface area contributed by atoms with Gasteiger partial charge in [-0.2, -0.15) is 0 Å². The third-order valence-corrected chi connectivity index (χ3v) is 3.86. The van der Waals surface area contributed by atoms with Crippen molar-refractivity contribution in [2.75, 3.05) is 0 Å². The molecule has 0 unspecified atom stereocenters. The standard InChI is InChI=1S/C16H17NO4S/c1-10(2)21-12-5-3-11(4-6-12)9-17-15(18)13-7-8-14(22-13)16(19)20/h3-8,10H,9H2,1-2H3,(H,17,18)(H,19,20). The topological polar surface area (TPSA) is 75.6 Å². The van der Waals surface area contributed by atoms with E-state index in [4.69, 9.17) is 9.84 Å². The van der Waals surface area contributed by atoms with Gasteiger partial charge in [0.15, 0.2) is 0 Å². The lowest BCUT2D eigenvalue weighted by Crippen LogP contribution is -2.21. The van der Waals surface area contributed by atoms with E-state index in [9.17, 15) is 9.59 Å². The quantitative estimate of drug-likeness (QED) is 0.857. The molecule has 2 N–H and O–H groups in total. The number of hydrogen-bond donors (Lipinski definition) is 2. The average molecular weight is 319 g/mol. The van der Waals surface area contributed by atoms with Crippen molar-refractivity contribution in [3.8, 4) is 5.75 Å². The van der Waals surface area contributed by atoms with E-state index in [1.165, 1.54) is 12.1 Å². The van der Waals surface area contributed by atoms with Gasteiger partial charge in [-0.05, 0) is 43.7 Å². The fraction of sp³-hybridized carbons (Fsp3) is 0.250. The van der Waals surface area contributed by atoms with Crippen molar-refractivity contribution in [3.63, 3.8) is 0 Å². The Bertz CT molecular complexity index is 661. The largest absolute Gasteiger partial charge is 0.491 e. The Morgan fingerprint density at radius 3 is 2.32 bits per heavy atom. The summed E-state index contributed by atoms with van der Waals surface area (Å²) in [6, 6.07) is 10.4. The van der Waals surface area contributed by atoms with Gasteiger partial charge in [0.05, 0.1) is 11.0 Å². The van der Waals surface area contributed by atoms with Gasteiger partial charge < -0.3 is 15.2 Å². The minimum Gasteiger partial charge on any atom is -0.491 e. The molecular weight excluding hydrogens is 302 g/mol. The molecule has 0 saturated heterocycles. The van der Waals surface area contributed by atoms with Crippen LogP contribution in [-0.2, 0) is 6.54 Å². The lowest BCUT2D eigenvalue weighted by Gasteiger charge is -2.10. The molecule has 116 valence electrons. The van der Waals surface area contributed by atoms with E-state index in [1.54, 1.807) is 0 Å². The Labute approximate surface area is 132 Å². The van der Waals surface area contributed by atoms with Gasteiger partial charge in [0.1, 0.15) is 10.6 Å². The Balaban J connectivity index is 1.91. The van der Waals surface area contributed by atoms with Gasteiger partial charge >= 0.3 is 5.97 Å². The Kier molecular flexibility index (Phi) is 5.16. The second kappa shape index (κ2) is 7.09. The zero-order chi connectivity index (χ0) is 16.1. The Hall–Kier alpha value is -2.34. The van der Waals surface area contributed by atoms with E-state index in [0.717, 1.165) is 22.6 Å². The molecule has 0 aliphatic heterocycles. The van der Waals surface area contributed by atoms with E-state index < -0.39 is 5.97 Å². The molecule has 0 atom stereocenters. The van der Waals surface area contributed by atoms with Crippen molar-refractivity contribution in [1.29, 1.82) is 0 Å². The predicted octanol–water partition coefficient (Wildman–Crippen LogP) is 3.16. The highest BCUT2D eigenvalue weighted by Gasteiger charge is 2.12. The van der Waals surface area contributed by atoms with Crippen LogP contribution < -0.4 is 10.1 Å². The minimum absolute atomic E-state index is 0.118. The summed E-state index contributed by atoms with van der Waals surface area (Å²) in [5.41, 5.74) is 0.944. The molecule has 6 heteroatoms. The number of carboxylic acid groups (broad SMARTS) is 1. The van der Waals surface area contributed by atoms with Gasteiger partial charge in [0, 0.05) is 6.54 Å². The monoisotopic (exact) mass is 319 g/mol. The maximum absolute atomic E-state index is 11.9. The summed E-state index contributed by atoms with van der Waals surface area (Å²) < 4.78 is 5.55. The van der Waals surface area contributed by atoms with Crippen molar-refractivity contribution in [2.45, 2.75) is 26.5 Å². The van der Waals surface area contributed by atoms with Gasteiger partial charge in [-0.3, -0.25) is 4.79 Å². The molecule has 2 aromatic rings. The van der Waals surface area contributed by atoms with Crippen molar-refractivity contribution < 1.29 is 19.4 Å². The van der Waals surface area contributed by atoms with Crippen LogP contribution in [0.1, 0.15) is 38.8 Å². The molecule has 0 fully saturated rings. The lowest BCUT2D eigenvalue weighted by molar-refractivity contribution is 0.0702. The van der Waals surface area contributed by atoms with Gasteiger partial charge in [-0.25, -0.2) is 4.79 Å². The number of carbonyl (C=O) groups is 2. The minimum atomic E-state index is -1.02. The Morgan fingerprint density at radius 2 is 1.77 bits per heavy atom. The normalized spacial score (nSPS) is 10.5. The van der Waals surface area contributed by atoms with Gasteiger partial charge in [-0.1, -0.05) is 12.1 Å². The highest BCUT2D eigenvalue weighted by molar-refractivity contribution is 7.15. The fourth-order valence-corrected chi connectivity index (χ4v) is 2.56. The third kappa shape index (κ3) is 4.33. The molecule has 0 radical (unpaired) electrons. The Morgan fingerprint density at radius 1 is 1.14 bits per heavy atom. The molecule has 1 heterocycles. The summed E-state index contributed by atoms with van der Waals surface area (Å²) in [6.45, 7) is 4.29. The average Bonchev–Trinajstić information content (AvgIpc) is 2.96. The van der Waals surface area contributed by atoms with E-state index in [0.29, 0.717) is 11.4 Å². The fourth-order valence-electron chi connectivity index (χ4n) is 1.80. The summed E-state index contributed by atoms with van der Waals surface area (Å²) in [7, 11) is 0. The van der Waals surface area contributed by atoms with E-state index in [1.807, 2.05) is 38.1 Å². The molecule has 1 aromatic heterocycles. The highest BCUT2D eigenvalue weighted by Crippen LogP contribution is 2.17. The van der Waals surface area contributed by atoms with Gasteiger partial charge in [0.2, 0.25) is 0 Å². The van der Waals surface area contributed by atoms with Crippen LogP contribution >= 0.6 is 11.3 Å². The first-order valence-corrected chi connectivity index (χ1v) is 7.64. The van der Waals surface area contributed by atoms with Crippen LogP contribution in [0.5, 0.6) is 5.75 Å². The SMILES string of the molecule is CC(C)Oc1ccc(CNC(=O)c2ccc(C(=O)O)s2)cc1. The highest BCUT2D eigenvalue weighted by atomic mass is 32.1. The van der Waals surface area contributed by atoms with E-state index in [2.05, 4.69) is 5.32 Å². The number of nitrogens with one attached hydrogen (secondary N) is 1. The summed E-state index contributed by atoms with van der Waals surface area (Å²) in [5.74, 6) is -0.515. The number of carboxylic acids is 1. The molecule has 5 nitrogen and oxygen atoms in total. The number of rotatable bonds is 6. The molecular formula is C16H17NO4S. The maximum atomic E-state index is 11.9. The van der Waals surface area contributed by atoms with E-state index >= 15 is 0 Å². The van der Waals surface area contributed by atoms with Crippen molar-refractivity contribution in [1.82, 2.24) is 5.32 Å². The van der Waals surface area contributed by atoms with Crippen molar-refractivity contribution in [2.24, 2.45) is 0 Å². The predicted molar refractivity (Wildman–Crippen MR) is 84.7 cm³/mol. The molecule has 0 aliphatic carbocycles. The number of benzene rings is 1. The first-order valence-electron chi connectivity index (χ1n) is 6.82. The zero-order valence-electron chi connectivity index (χ0n) is 12.3. The number of thiophene rings is 1. The summed E-state index contributed by atoms with van der Waals surface area (Å²) in [4.78, 5) is 23.3. The molecule has 2 rings (SSSR count). The van der Waals surface area contributed by atoms with E-state index in [-0.39, 0.29) is 16.9 Å². The summed E-state index contributed by atoms with van der Waals surface area (Å²) >= 11 is 0.962. The van der Waals surface area contributed by atoms with Crippen LogP contribution in [0.3, 0.4) is 0 Å². The van der Waals surface area contributed by atoms with Crippen molar-refractivity contribution in [3.05, 3.63) is 51.7 Å². The lowest BCUT2D eigenvalue weighted by atomic mass is 10.2. The number of amides is 1. The molecule has 0 saturated carbocycles. The third-order valence-electron chi connectivity index (χ3n) is 2.79. The summed E-state index contributed by atoms with van der Waals surface area (Å²) in [6.07, 6.45) is 0.118. The molecule has 0 spiro atoms. The molecule has 0 bridgehead atoms. The first-order chi connectivity index (χ1) is 10.5. The van der Waals surface area contributed by atoms with Gasteiger partial charge in [0.25, 0.3) is 5.91 Å². The van der Waals surface area contributed by atoms with Crippen LogP contribution in [0.2, 0.25) is 0 Å². The smallest absolute Gasteiger partial charge is 0.345 e. The van der Waals surface area contributed by atoms with Crippen LogP contribution in [0.25, 0.3) is 0 Å². The molecule has 22 heavy (non-hydrogen) atoms. The van der Waals surface area contributed by atoms with Crippen LogP contribution in [0, 0.1) is 0 Å². The van der Waals surface area contributed by atoms with Crippen LogP contribution in [-0.4, -0.2) is 23.1 Å². The maximum Gasteiger partial charge on any atom is 0.345 e. The summed E-state index contributed by atoms with van der Waals surface area (Å²) in [5, 5.41) is 11.6. The second-order valence-electron chi connectivity index (χ2n) is 4.96. The number of carbonyl (C=O) groups excluding carboxylic acids is 1. The molecule has 0 aliphatic rings. The number of hydrogen-bond acceptors (Lipinski definition) is 4. The zero-order valence-corrected chi connectivity index (χ0v) is 13.1. The number of aromatic carboxylic acids is 1. The van der Waals surface area contributed by atoms with Crippen molar-refractivity contribution >= 4 is 23.2 Å². The first kappa shape index (κ1) is 16.0. The molecule has 1 amide bonds. The molecule has 1 aromatic carbocycles. The van der Waals surface area contributed by atoms with Crippen LogP contribution in [0.4, 0.5) is 0 Å². The second-order valence-corrected chi connectivity index (χ2v) is 6.05. The van der Waals surface area contributed by atoms with Gasteiger partial charge in [-0.15, -0.1) is 11.3 Å².